The molecule has 110 valence electrons. The molecule has 0 unspecified atom stereocenters. The van der Waals surface area contributed by atoms with Gasteiger partial charge in [0.05, 0.1) is 17.3 Å². The maximum absolute atomic E-state index is 11.9. The van der Waals surface area contributed by atoms with Gasteiger partial charge in [-0.3, -0.25) is 0 Å². The predicted molar refractivity (Wildman–Crippen MR) is 79.1 cm³/mol. The van der Waals surface area contributed by atoms with Crippen LogP contribution in [0.4, 0.5) is 0 Å². The standard InChI is InChI=1S/C13H13BrN4O3/c1-2-20-5-6-21-9-3-4-11-12(7-9)17-13(16-18(11)19)10(14)8-15-17/h3-4,7-8H,2,5-6H2,1H3. The summed E-state index contributed by atoms with van der Waals surface area (Å²) < 4.78 is 13.1. The van der Waals surface area contributed by atoms with Crippen LogP contribution >= 0.6 is 15.9 Å². The molecular weight excluding hydrogens is 340 g/mol. The molecule has 2 heterocycles. The Morgan fingerprint density at radius 1 is 1.38 bits per heavy atom. The van der Waals surface area contributed by atoms with E-state index in [0.717, 1.165) is 0 Å². The van der Waals surface area contributed by atoms with Crippen molar-refractivity contribution in [1.82, 2.24) is 14.7 Å². The van der Waals surface area contributed by atoms with Gasteiger partial charge in [0.1, 0.15) is 17.9 Å². The van der Waals surface area contributed by atoms with Gasteiger partial charge in [0, 0.05) is 23.8 Å². The van der Waals surface area contributed by atoms with Gasteiger partial charge in [0.2, 0.25) is 5.65 Å². The molecule has 0 atom stereocenters. The number of hydrogen-bond donors (Lipinski definition) is 0. The van der Waals surface area contributed by atoms with E-state index in [9.17, 15) is 5.21 Å². The molecule has 0 radical (unpaired) electrons. The quantitative estimate of drug-likeness (QED) is 0.396. The highest BCUT2D eigenvalue weighted by atomic mass is 79.9. The van der Waals surface area contributed by atoms with Crippen LogP contribution in [0.1, 0.15) is 6.92 Å². The zero-order valence-corrected chi connectivity index (χ0v) is 12.9. The molecule has 3 aromatic rings. The number of ether oxygens (including phenoxy) is 2. The summed E-state index contributed by atoms with van der Waals surface area (Å²) in [6.45, 7) is 3.57. The molecule has 0 fully saturated rings. The molecule has 0 bridgehead atoms. The number of rotatable bonds is 5. The van der Waals surface area contributed by atoms with E-state index in [-0.39, 0.29) is 0 Å². The van der Waals surface area contributed by atoms with Gasteiger partial charge in [0.25, 0.3) is 5.52 Å². The molecule has 8 heteroatoms. The molecule has 0 spiro atoms. The minimum atomic E-state index is 0.426. The lowest BCUT2D eigenvalue weighted by Crippen LogP contribution is -2.33. The fourth-order valence-electron chi connectivity index (χ4n) is 2.02. The van der Waals surface area contributed by atoms with E-state index in [1.165, 1.54) is 0 Å². The van der Waals surface area contributed by atoms with Crippen molar-refractivity contribution in [3.8, 4) is 5.75 Å². The second kappa shape index (κ2) is 5.82. The molecule has 1 aromatic carbocycles. The van der Waals surface area contributed by atoms with E-state index < -0.39 is 0 Å². The summed E-state index contributed by atoms with van der Waals surface area (Å²) in [5, 5.41) is 20.1. The molecule has 0 saturated heterocycles. The molecule has 0 saturated carbocycles. The molecule has 21 heavy (non-hydrogen) atoms. The summed E-state index contributed by atoms with van der Waals surface area (Å²) in [4.78, 5) is 0.584. The van der Waals surface area contributed by atoms with Crippen LogP contribution in [-0.4, -0.2) is 34.5 Å². The second-order valence-corrected chi connectivity index (χ2v) is 5.15. The minimum Gasteiger partial charge on any atom is -0.594 e. The number of nitrogens with zero attached hydrogens (tertiary/aromatic N) is 4. The molecule has 3 rings (SSSR count). The van der Waals surface area contributed by atoms with E-state index in [1.54, 1.807) is 28.9 Å². The molecule has 0 aliphatic carbocycles. The smallest absolute Gasteiger partial charge is 0.270 e. The number of hydrogen-bond acceptors (Lipinski definition) is 5. The summed E-state index contributed by atoms with van der Waals surface area (Å²) in [5.74, 6) is 0.654. The maximum atomic E-state index is 11.9. The van der Waals surface area contributed by atoms with E-state index in [1.807, 2.05) is 6.92 Å². The Balaban J connectivity index is 2.01. The topological polar surface area (TPSA) is 75.6 Å². The van der Waals surface area contributed by atoms with E-state index >= 15 is 0 Å². The monoisotopic (exact) mass is 352 g/mol. The van der Waals surface area contributed by atoms with Gasteiger partial charge >= 0.3 is 0 Å². The van der Waals surface area contributed by atoms with Gasteiger partial charge in [-0.15, -0.1) is 0 Å². The highest BCUT2D eigenvalue weighted by Gasteiger charge is 2.15. The lowest BCUT2D eigenvalue weighted by atomic mass is 10.3. The van der Waals surface area contributed by atoms with Crippen molar-refractivity contribution in [1.29, 1.82) is 0 Å². The lowest BCUT2D eigenvalue weighted by Gasteiger charge is -2.07. The zero-order valence-electron chi connectivity index (χ0n) is 11.3. The fraction of sp³-hybridized carbons (Fsp3) is 0.308. The number of halogens is 1. The lowest BCUT2D eigenvalue weighted by molar-refractivity contribution is -0.640. The third-order valence-corrected chi connectivity index (χ3v) is 3.53. The van der Waals surface area contributed by atoms with Crippen LogP contribution < -0.4 is 9.58 Å². The van der Waals surface area contributed by atoms with Crippen LogP contribution in [0, 0.1) is 5.21 Å². The van der Waals surface area contributed by atoms with E-state index in [0.29, 0.717) is 51.6 Å². The van der Waals surface area contributed by atoms with Gasteiger partial charge in [-0.1, -0.05) is 0 Å². The first-order valence-corrected chi connectivity index (χ1v) is 7.27. The first kappa shape index (κ1) is 14.0. The summed E-state index contributed by atoms with van der Waals surface area (Å²) in [7, 11) is 0. The van der Waals surface area contributed by atoms with Crippen LogP contribution in [0.3, 0.4) is 0 Å². The van der Waals surface area contributed by atoms with Crippen molar-refractivity contribution >= 4 is 32.6 Å². The number of benzene rings is 1. The summed E-state index contributed by atoms with van der Waals surface area (Å²) in [5.41, 5.74) is 1.52. The average molecular weight is 353 g/mol. The van der Waals surface area contributed by atoms with Crippen molar-refractivity contribution in [3.05, 3.63) is 34.1 Å². The van der Waals surface area contributed by atoms with Crippen molar-refractivity contribution in [2.24, 2.45) is 0 Å². The van der Waals surface area contributed by atoms with Gasteiger partial charge in [-0.2, -0.15) is 5.10 Å². The van der Waals surface area contributed by atoms with Crippen LogP contribution in [0.5, 0.6) is 5.75 Å². The second-order valence-electron chi connectivity index (χ2n) is 4.30. The normalized spacial score (nSPS) is 11.3. The Morgan fingerprint density at radius 3 is 3.05 bits per heavy atom. The molecule has 2 aromatic heterocycles. The molecule has 0 aliphatic rings. The Kier molecular flexibility index (Phi) is 3.89. The van der Waals surface area contributed by atoms with E-state index in [2.05, 4.69) is 26.1 Å². The van der Waals surface area contributed by atoms with Gasteiger partial charge in [-0.25, -0.2) is 4.52 Å². The van der Waals surface area contributed by atoms with Gasteiger partial charge in [0.15, 0.2) is 0 Å². The Hall–Kier alpha value is -1.93. The van der Waals surface area contributed by atoms with Gasteiger partial charge < -0.3 is 14.7 Å². The first-order valence-electron chi connectivity index (χ1n) is 6.48. The van der Waals surface area contributed by atoms with Crippen LogP contribution in [0.15, 0.2) is 28.9 Å². The van der Waals surface area contributed by atoms with E-state index in [4.69, 9.17) is 9.47 Å². The SMILES string of the molecule is CCOCCOc1ccc2c(c1)n1ncc(Br)c1n[n+]2[O-]. The number of fused-ring (bicyclic) bond motifs is 3. The summed E-state index contributed by atoms with van der Waals surface area (Å²) >= 11 is 3.32. The first-order chi connectivity index (χ1) is 10.2. The zero-order chi connectivity index (χ0) is 14.8. The summed E-state index contributed by atoms with van der Waals surface area (Å²) in [6.07, 6.45) is 1.60. The molecule has 0 aliphatic heterocycles. The Bertz CT molecular complexity index is 790. The third-order valence-electron chi connectivity index (χ3n) is 2.97. The highest BCUT2D eigenvalue weighted by molar-refractivity contribution is 9.10. The minimum absolute atomic E-state index is 0.426. The maximum Gasteiger partial charge on any atom is 0.270 e. The van der Waals surface area contributed by atoms with Crippen LogP contribution in [0.25, 0.3) is 16.7 Å². The molecular formula is C13H13BrN4O3. The van der Waals surface area contributed by atoms with Gasteiger partial charge in [-0.05, 0) is 33.8 Å². The van der Waals surface area contributed by atoms with Crippen molar-refractivity contribution in [2.75, 3.05) is 19.8 Å². The van der Waals surface area contributed by atoms with Crippen LogP contribution in [-0.2, 0) is 4.74 Å². The predicted octanol–water partition coefficient (Wildman–Crippen LogP) is 1.69. The molecule has 7 nitrogen and oxygen atoms in total. The van der Waals surface area contributed by atoms with Crippen molar-refractivity contribution < 1.29 is 14.3 Å². The highest BCUT2D eigenvalue weighted by Crippen LogP contribution is 2.22. The number of aromatic nitrogens is 4. The molecule has 0 amide bonds. The Labute approximate surface area is 128 Å². The van der Waals surface area contributed by atoms with Crippen LogP contribution in [0.2, 0.25) is 0 Å². The molecule has 0 N–H and O–H groups in total. The third kappa shape index (κ3) is 2.64. The largest absolute Gasteiger partial charge is 0.594 e. The van der Waals surface area contributed by atoms with Crippen molar-refractivity contribution in [3.63, 3.8) is 0 Å². The average Bonchev–Trinajstić information content (AvgIpc) is 2.85. The Morgan fingerprint density at radius 2 is 2.24 bits per heavy atom. The fourth-order valence-corrected chi connectivity index (χ4v) is 2.35. The summed E-state index contributed by atoms with van der Waals surface area (Å²) in [6, 6.07) is 5.17. The van der Waals surface area contributed by atoms with Crippen molar-refractivity contribution in [2.45, 2.75) is 6.92 Å².